The van der Waals surface area contributed by atoms with Gasteiger partial charge in [-0.1, -0.05) is 23.2 Å². The number of carbonyl (C=O) groups excluding carboxylic acids is 1. The molecule has 0 N–H and O–H groups in total. The molecule has 0 aliphatic carbocycles. The first-order valence-corrected chi connectivity index (χ1v) is 10.5. The summed E-state index contributed by atoms with van der Waals surface area (Å²) >= 11 is 11.9. The highest BCUT2D eigenvalue weighted by atomic mass is 35.5. The van der Waals surface area contributed by atoms with Crippen LogP contribution in [0.4, 0.5) is 10.6 Å². The van der Waals surface area contributed by atoms with Gasteiger partial charge in [-0.15, -0.1) is 0 Å². The first kappa shape index (κ1) is 21.7. The average Bonchev–Trinajstić information content (AvgIpc) is 3.21. The molecule has 166 valence electrons. The Morgan fingerprint density at radius 2 is 1.94 bits per heavy atom. The summed E-state index contributed by atoms with van der Waals surface area (Å²) in [5.74, 6) is -0.218. The third-order valence-electron chi connectivity index (χ3n) is 5.23. The minimum atomic E-state index is -0.536. The third-order valence-corrected chi connectivity index (χ3v) is 5.67. The zero-order valence-corrected chi connectivity index (χ0v) is 18.3. The van der Waals surface area contributed by atoms with Gasteiger partial charge in [-0.2, -0.15) is 0 Å². The standard InChI is InChI=1S/C19H21Cl2N5O5/c1-19(12-25-9-16(26(28)29)22-17(25)31-19)11-23-2-4-24(5-3-23)18(27)30-10-13-6-14(20)8-15(21)7-13/h6-9H,2-5,10-12H2,1H3/t19-/m0/s1. The first-order valence-electron chi connectivity index (χ1n) is 9.70. The van der Waals surface area contributed by atoms with E-state index in [-0.39, 0.29) is 24.5 Å². The number of imidazole rings is 1. The second-order valence-electron chi connectivity index (χ2n) is 7.91. The lowest BCUT2D eigenvalue weighted by atomic mass is 10.1. The summed E-state index contributed by atoms with van der Waals surface area (Å²) in [6, 6.07) is 5.30. The van der Waals surface area contributed by atoms with Gasteiger partial charge in [-0.3, -0.25) is 9.47 Å². The quantitative estimate of drug-likeness (QED) is 0.489. The predicted molar refractivity (Wildman–Crippen MR) is 113 cm³/mol. The molecular formula is C19H21Cl2N5O5. The van der Waals surface area contributed by atoms with Gasteiger partial charge in [0.15, 0.2) is 0 Å². The summed E-state index contributed by atoms with van der Waals surface area (Å²) in [7, 11) is 0. The lowest BCUT2D eigenvalue weighted by Crippen LogP contribution is -2.53. The number of nitro groups is 1. The molecule has 2 aliphatic rings. The van der Waals surface area contributed by atoms with Crippen LogP contribution in [-0.4, -0.2) is 68.7 Å². The Balaban J connectivity index is 1.24. The van der Waals surface area contributed by atoms with Crippen LogP contribution in [0, 0.1) is 10.1 Å². The topological polar surface area (TPSA) is 103 Å². The van der Waals surface area contributed by atoms with Gasteiger partial charge in [0, 0.05) is 47.8 Å². The van der Waals surface area contributed by atoms with Crippen LogP contribution < -0.4 is 4.74 Å². The van der Waals surface area contributed by atoms with E-state index in [1.54, 1.807) is 27.7 Å². The van der Waals surface area contributed by atoms with E-state index >= 15 is 0 Å². The number of piperazine rings is 1. The minimum absolute atomic E-state index is 0.100. The SMILES string of the molecule is C[C@]1(CN2CCN(C(=O)OCc3cc(Cl)cc(Cl)c3)CC2)Cn2cc([N+](=O)[O-])nc2O1. The van der Waals surface area contributed by atoms with Gasteiger partial charge in [0.1, 0.15) is 18.4 Å². The fourth-order valence-corrected chi connectivity index (χ4v) is 4.43. The molecule has 2 aliphatic heterocycles. The average molecular weight is 470 g/mol. The van der Waals surface area contributed by atoms with Gasteiger partial charge < -0.3 is 24.5 Å². The van der Waals surface area contributed by atoms with E-state index in [9.17, 15) is 14.9 Å². The van der Waals surface area contributed by atoms with E-state index in [4.69, 9.17) is 32.7 Å². The highest BCUT2D eigenvalue weighted by Crippen LogP contribution is 2.31. The summed E-state index contributed by atoms with van der Waals surface area (Å²) in [4.78, 5) is 30.5. The summed E-state index contributed by atoms with van der Waals surface area (Å²) in [5, 5.41) is 11.8. The van der Waals surface area contributed by atoms with E-state index in [0.29, 0.717) is 49.3 Å². The smallest absolute Gasteiger partial charge is 0.415 e. The highest BCUT2D eigenvalue weighted by Gasteiger charge is 2.42. The van der Waals surface area contributed by atoms with Crippen molar-refractivity contribution in [3.05, 3.63) is 50.1 Å². The van der Waals surface area contributed by atoms with Crippen molar-refractivity contribution in [2.24, 2.45) is 0 Å². The summed E-state index contributed by atoms with van der Waals surface area (Å²) in [6.07, 6.45) is 1.01. The van der Waals surface area contributed by atoms with E-state index < -0.39 is 10.5 Å². The molecule has 1 fully saturated rings. The van der Waals surface area contributed by atoms with Crippen LogP contribution >= 0.6 is 23.2 Å². The molecule has 1 aromatic heterocycles. The van der Waals surface area contributed by atoms with Gasteiger partial charge in [0.05, 0.1) is 6.54 Å². The zero-order valence-electron chi connectivity index (χ0n) is 16.8. The van der Waals surface area contributed by atoms with E-state index in [1.807, 2.05) is 6.92 Å². The number of hydrogen-bond acceptors (Lipinski definition) is 7. The van der Waals surface area contributed by atoms with E-state index in [2.05, 4.69) is 9.88 Å². The van der Waals surface area contributed by atoms with Crippen molar-refractivity contribution in [1.82, 2.24) is 19.4 Å². The van der Waals surface area contributed by atoms with Crippen LogP contribution in [0.15, 0.2) is 24.4 Å². The van der Waals surface area contributed by atoms with E-state index in [0.717, 1.165) is 5.56 Å². The van der Waals surface area contributed by atoms with Crippen molar-refractivity contribution in [3.63, 3.8) is 0 Å². The molecule has 2 aromatic rings. The Bertz CT molecular complexity index is 962. The van der Waals surface area contributed by atoms with Gasteiger partial charge in [0.2, 0.25) is 0 Å². The number of benzene rings is 1. The normalized spacial score (nSPS) is 20.9. The number of halogens is 2. The lowest BCUT2D eigenvalue weighted by molar-refractivity contribution is -0.389. The van der Waals surface area contributed by atoms with Crippen molar-refractivity contribution in [2.75, 3.05) is 32.7 Å². The number of hydrogen-bond donors (Lipinski definition) is 0. The lowest BCUT2D eigenvalue weighted by Gasteiger charge is -2.37. The Labute approximate surface area is 188 Å². The second kappa shape index (κ2) is 8.52. The predicted octanol–water partition coefficient (Wildman–Crippen LogP) is 3.20. The van der Waals surface area contributed by atoms with Crippen molar-refractivity contribution < 1.29 is 19.2 Å². The van der Waals surface area contributed by atoms with Crippen molar-refractivity contribution >= 4 is 35.1 Å². The Morgan fingerprint density at radius 1 is 1.26 bits per heavy atom. The number of amides is 1. The maximum Gasteiger partial charge on any atom is 0.415 e. The minimum Gasteiger partial charge on any atom is -0.445 e. The summed E-state index contributed by atoms with van der Waals surface area (Å²) in [5.41, 5.74) is 0.194. The Morgan fingerprint density at radius 3 is 2.55 bits per heavy atom. The highest BCUT2D eigenvalue weighted by molar-refractivity contribution is 6.34. The molecule has 3 heterocycles. The number of ether oxygens (including phenoxy) is 2. The first-order chi connectivity index (χ1) is 14.7. The third kappa shape index (κ3) is 5.03. The van der Waals surface area contributed by atoms with Crippen LogP contribution in [0.3, 0.4) is 0 Å². The zero-order chi connectivity index (χ0) is 22.2. The molecule has 1 saturated heterocycles. The maximum absolute atomic E-state index is 12.4. The molecule has 10 nitrogen and oxygen atoms in total. The molecule has 0 saturated carbocycles. The van der Waals surface area contributed by atoms with Crippen molar-refractivity contribution in [1.29, 1.82) is 0 Å². The van der Waals surface area contributed by atoms with Crippen LogP contribution in [0.5, 0.6) is 6.01 Å². The molecule has 0 radical (unpaired) electrons. The number of carbonyl (C=O) groups is 1. The van der Waals surface area contributed by atoms with Crippen molar-refractivity contribution in [2.45, 2.75) is 25.7 Å². The molecule has 1 amide bonds. The summed E-state index contributed by atoms with van der Waals surface area (Å²) in [6.45, 7) is 5.54. The van der Waals surface area contributed by atoms with Gasteiger partial charge in [-0.25, -0.2) is 4.79 Å². The van der Waals surface area contributed by atoms with E-state index in [1.165, 1.54) is 6.20 Å². The number of nitrogens with zero attached hydrogens (tertiary/aromatic N) is 5. The monoisotopic (exact) mass is 469 g/mol. The van der Waals surface area contributed by atoms with Crippen LogP contribution in [0.2, 0.25) is 10.0 Å². The number of aromatic nitrogens is 2. The molecule has 0 spiro atoms. The molecule has 0 unspecified atom stereocenters. The molecule has 1 aromatic carbocycles. The summed E-state index contributed by atoms with van der Waals surface area (Å²) < 4.78 is 12.9. The largest absolute Gasteiger partial charge is 0.445 e. The second-order valence-corrected chi connectivity index (χ2v) is 8.79. The van der Waals surface area contributed by atoms with Crippen LogP contribution in [-0.2, 0) is 17.9 Å². The molecule has 1 atom stereocenters. The van der Waals surface area contributed by atoms with Gasteiger partial charge in [0.25, 0.3) is 0 Å². The van der Waals surface area contributed by atoms with Gasteiger partial charge >= 0.3 is 17.9 Å². The molecular weight excluding hydrogens is 449 g/mol. The van der Waals surface area contributed by atoms with Crippen LogP contribution in [0.1, 0.15) is 12.5 Å². The van der Waals surface area contributed by atoms with Crippen molar-refractivity contribution in [3.8, 4) is 6.01 Å². The molecule has 31 heavy (non-hydrogen) atoms. The molecule has 12 heteroatoms. The number of fused-ring (bicyclic) bond motifs is 1. The maximum atomic E-state index is 12.4. The molecule has 0 bridgehead atoms. The fraction of sp³-hybridized carbons (Fsp3) is 0.474. The fourth-order valence-electron chi connectivity index (χ4n) is 3.86. The van der Waals surface area contributed by atoms with Gasteiger partial charge in [-0.05, 0) is 35.6 Å². The molecule has 4 rings (SSSR count). The number of rotatable bonds is 5. The Kier molecular flexibility index (Phi) is 5.96. The Hall–Kier alpha value is -2.56. The van der Waals surface area contributed by atoms with Crippen LogP contribution in [0.25, 0.3) is 0 Å².